The van der Waals surface area contributed by atoms with Crippen LogP contribution in [0.15, 0.2) is 78.0 Å². The summed E-state index contributed by atoms with van der Waals surface area (Å²) in [6.45, 7) is 1.08. The second-order valence-electron chi connectivity index (χ2n) is 9.67. The topological polar surface area (TPSA) is 102 Å². The second kappa shape index (κ2) is 12.6. The maximum atomic E-state index is 13.1. The molecule has 0 saturated carbocycles. The fourth-order valence-electron chi connectivity index (χ4n) is 4.17. The highest BCUT2D eigenvalue weighted by molar-refractivity contribution is 8.15. The average molecular weight is 649 g/mol. The van der Waals surface area contributed by atoms with Crippen molar-refractivity contribution in [3.63, 3.8) is 0 Å². The number of rotatable bonds is 7. The maximum absolute atomic E-state index is 13.1. The van der Waals surface area contributed by atoms with Crippen LogP contribution >= 0.6 is 11.8 Å². The summed E-state index contributed by atoms with van der Waals surface area (Å²) >= 11 is 0.986. The molecule has 0 spiro atoms. The van der Waals surface area contributed by atoms with E-state index in [2.05, 4.69) is 20.4 Å². The Balaban J connectivity index is 1.28. The highest BCUT2D eigenvalue weighted by Crippen LogP contribution is 2.36. The van der Waals surface area contributed by atoms with Crippen LogP contribution in [0.25, 0.3) is 17.1 Å². The number of hydrogen-bond donors (Lipinski definition) is 1. The van der Waals surface area contributed by atoms with E-state index in [-0.39, 0.29) is 33.9 Å². The van der Waals surface area contributed by atoms with Gasteiger partial charge in [-0.2, -0.15) is 31.3 Å². The Bertz CT molecular complexity index is 1750. The third-order valence-corrected chi connectivity index (χ3v) is 7.21. The maximum Gasteiger partial charge on any atom is 0.416 e. The Labute approximate surface area is 255 Å². The lowest BCUT2D eigenvalue weighted by Gasteiger charge is -2.20. The van der Waals surface area contributed by atoms with Crippen LogP contribution in [0.3, 0.4) is 0 Å². The van der Waals surface area contributed by atoms with Gasteiger partial charge in [0.05, 0.1) is 35.7 Å². The number of hydrogen-bond acceptors (Lipinski definition) is 6. The Morgan fingerprint density at radius 2 is 1.80 bits per heavy atom. The van der Waals surface area contributed by atoms with E-state index in [1.54, 1.807) is 31.2 Å². The molecule has 4 aromatic rings. The van der Waals surface area contributed by atoms with Crippen LogP contribution in [-0.4, -0.2) is 50.4 Å². The van der Waals surface area contributed by atoms with Crippen LogP contribution in [0.4, 0.5) is 42.5 Å². The SMILES string of the molecule is Cc1ccc(OCCC(F)(F)F)c(N2C(=O)CSC2=NC(=O)Nc2ccc(-c3ncn(-c4cccc(C(F)(F)F)c4)n3)cc2)c1. The lowest BCUT2D eigenvalue weighted by atomic mass is 10.2. The monoisotopic (exact) mass is 648 g/mol. The number of carbonyl (C=O) groups excluding carboxylic acids is 2. The summed E-state index contributed by atoms with van der Waals surface area (Å²) in [5.74, 6) is -0.210. The summed E-state index contributed by atoms with van der Waals surface area (Å²) in [6.07, 6.45) is -8.83. The van der Waals surface area contributed by atoms with Gasteiger partial charge < -0.3 is 10.1 Å². The zero-order valence-electron chi connectivity index (χ0n) is 23.2. The number of ether oxygens (including phenoxy) is 1. The fourth-order valence-corrected chi connectivity index (χ4v) is 5.03. The third kappa shape index (κ3) is 7.81. The summed E-state index contributed by atoms with van der Waals surface area (Å²) < 4.78 is 83.7. The molecule has 1 aliphatic heterocycles. The van der Waals surface area contributed by atoms with Crippen molar-refractivity contribution in [3.8, 4) is 22.8 Å². The molecule has 1 aliphatic rings. The van der Waals surface area contributed by atoms with E-state index in [9.17, 15) is 35.9 Å². The van der Waals surface area contributed by atoms with Crippen molar-refractivity contribution in [1.82, 2.24) is 14.8 Å². The number of urea groups is 1. The number of halogens is 6. The first-order chi connectivity index (χ1) is 21.3. The van der Waals surface area contributed by atoms with Gasteiger partial charge in [0.25, 0.3) is 0 Å². The number of amides is 3. The number of carbonyl (C=O) groups is 2. The molecule has 0 atom stereocenters. The fraction of sp³-hybridized carbons (Fsp3) is 0.207. The second-order valence-corrected chi connectivity index (χ2v) is 10.6. The first-order valence-electron chi connectivity index (χ1n) is 13.1. The van der Waals surface area contributed by atoms with Crippen LogP contribution in [0.5, 0.6) is 5.75 Å². The van der Waals surface area contributed by atoms with Gasteiger partial charge in [0.1, 0.15) is 12.1 Å². The number of aromatic nitrogens is 3. The molecule has 0 bridgehead atoms. The van der Waals surface area contributed by atoms with Gasteiger partial charge in [-0.05, 0) is 67.1 Å². The summed E-state index contributed by atoms with van der Waals surface area (Å²) in [7, 11) is 0. The lowest BCUT2D eigenvalue weighted by molar-refractivity contribution is -0.139. The molecular formula is C29H22F6N6O3S. The van der Waals surface area contributed by atoms with Crippen molar-refractivity contribution in [2.24, 2.45) is 4.99 Å². The zero-order valence-corrected chi connectivity index (χ0v) is 24.0. The summed E-state index contributed by atoms with van der Waals surface area (Å²) in [5, 5.41) is 6.84. The van der Waals surface area contributed by atoms with E-state index in [0.29, 0.717) is 16.8 Å². The van der Waals surface area contributed by atoms with E-state index >= 15 is 0 Å². The number of thioether (sulfide) groups is 1. The molecule has 3 amide bonds. The van der Waals surface area contributed by atoms with E-state index < -0.39 is 42.9 Å². The van der Waals surface area contributed by atoms with Gasteiger partial charge >= 0.3 is 18.4 Å². The van der Waals surface area contributed by atoms with Gasteiger partial charge in [-0.25, -0.2) is 14.5 Å². The first kappa shape index (κ1) is 31.6. The lowest BCUT2D eigenvalue weighted by Crippen LogP contribution is -2.31. The van der Waals surface area contributed by atoms with E-state index in [1.807, 2.05) is 0 Å². The highest BCUT2D eigenvalue weighted by atomic mass is 32.2. The van der Waals surface area contributed by atoms with Crippen molar-refractivity contribution in [2.75, 3.05) is 22.6 Å². The van der Waals surface area contributed by atoms with Crippen LogP contribution in [0.1, 0.15) is 17.5 Å². The van der Waals surface area contributed by atoms with E-state index in [1.165, 1.54) is 41.3 Å². The normalized spacial score (nSPS) is 14.7. The Morgan fingerprint density at radius 1 is 1.04 bits per heavy atom. The summed E-state index contributed by atoms with van der Waals surface area (Å²) in [6, 6.07) is 14.7. The van der Waals surface area contributed by atoms with Crippen LogP contribution in [-0.2, 0) is 11.0 Å². The molecule has 0 radical (unpaired) electrons. The largest absolute Gasteiger partial charge is 0.491 e. The number of aryl methyl sites for hydroxylation is 1. The zero-order chi connectivity index (χ0) is 32.4. The van der Waals surface area contributed by atoms with Crippen LogP contribution in [0.2, 0.25) is 0 Å². The smallest absolute Gasteiger partial charge is 0.416 e. The van der Waals surface area contributed by atoms with Gasteiger partial charge in [-0.3, -0.25) is 9.69 Å². The number of alkyl halides is 6. The van der Waals surface area contributed by atoms with Crippen molar-refractivity contribution in [1.29, 1.82) is 0 Å². The van der Waals surface area contributed by atoms with Gasteiger partial charge in [-0.1, -0.05) is 23.9 Å². The molecule has 0 unspecified atom stereocenters. The molecule has 1 saturated heterocycles. The predicted molar refractivity (Wildman–Crippen MR) is 156 cm³/mol. The predicted octanol–water partition coefficient (Wildman–Crippen LogP) is 7.26. The van der Waals surface area contributed by atoms with Crippen molar-refractivity contribution in [3.05, 3.63) is 84.2 Å². The molecule has 5 rings (SSSR count). The van der Waals surface area contributed by atoms with Gasteiger partial charge in [0.15, 0.2) is 11.0 Å². The number of amidine groups is 1. The minimum Gasteiger partial charge on any atom is -0.491 e. The standard InChI is InChI=1S/C29H22F6N6O3S/c1-17-5-10-23(44-12-11-28(30,31)32)22(13-17)41-24(42)15-45-27(41)38-26(43)37-20-8-6-18(7-9-20)25-36-16-40(39-25)21-4-2-3-19(14-21)29(33,34)35/h2-10,13-14,16H,11-12,15H2,1H3,(H,37,43). The van der Waals surface area contributed by atoms with Gasteiger partial charge in [-0.15, -0.1) is 5.10 Å². The van der Waals surface area contributed by atoms with Crippen molar-refractivity contribution in [2.45, 2.75) is 25.7 Å². The molecule has 16 heteroatoms. The highest BCUT2D eigenvalue weighted by Gasteiger charge is 2.34. The Kier molecular flexibility index (Phi) is 8.86. The first-order valence-corrected chi connectivity index (χ1v) is 14.1. The van der Waals surface area contributed by atoms with Gasteiger partial charge in [0.2, 0.25) is 5.91 Å². The number of anilines is 2. The summed E-state index contributed by atoms with van der Waals surface area (Å²) in [5.41, 5.74) is 1.08. The van der Waals surface area contributed by atoms with Gasteiger partial charge in [0, 0.05) is 11.3 Å². The third-order valence-electron chi connectivity index (χ3n) is 6.29. The number of benzene rings is 3. The average Bonchev–Trinajstić information content (AvgIpc) is 3.60. The molecule has 1 aromatic heterocycles. The molecule has 3 aromatic carbocycles. The number of aliphatic imine (C=N–C) groups is 1. The van der Waals surface area contributed by atoms with E-state index in [0.717, 1.165) is 28.8 Å². The van der Waals surface area contributed by atoms with E-state index in [4.69, 9.17) is 4.74 Å². The molecule has 0 aliphatic carbocycles. The Hall–Kier alpha value is -4.86. The number of nitrogens with one attached hydrogen (secondary N) is 1. The molecule has 1 N–H and O–H groups in total. The molecule has 45 heavy (non-hydrogen) atoms. The van der Waals surface area contributed by atoms with Crippen LogP contribution < -0.4 is 15.0 Å². The Morgan fingerprint density at radius 3 is 2.51 bits per heavy atom. The quantitative estimate of drug-likeness (QED) is 0.212. The van der Waals surface area contributed by atoms with Crippen LogP contribution in [0, 0.1) is 6.92 Å². The number of nitrogens with zero attached hydrogens (tertiary/aromatic N) is 5. The summed E-state index contributed by atoms with van der Waals surface area (Å²) in [4.78, 5) is 34.8. The molecular weight excluding hydrogens is 626 g/mol. The molecule has 234 valence electrons. The minimum absolute atomic E-state index is 0.0183. The molecule has 1 fully saturated rings. The molecule has 9 nitrogen and oxygen atoms in total. The van der Waals surface area contributed by atoms with Crippen molar-refractivity contribution < 1.29 is 40.7 Å². The minimum atomic E-state index is -4.51. The van der Waals surface area contributed by atoms with Crippen molar-refractivity contribution >= 4 is 40.2 Å². The molecule has 2 heterocycles.